The van der Waals surface area contributed by atoms with Crippen molar-refractivity contribution in [1.82, 2.24) is 9.80 Å². The lowest BCUT2D eigenvalue weighted by molar-refractivity contribution is -0.139. The van der Waals surface area contributed by atoms with E-state index in [1.165, 1.54) is 12.1 Å². The van der Waals surface area contributed by atoms with Crippen LogP contribution in [0.25, 0.3) is 0 Å². The molecule has 1 atom stereocenters. The van der Waals surface area contributed by atoms with Crippen LogP contribution in [0.5, 0.6) is 0 Å². The van der Waals surface area contributed by atoms with E-state index in [1.807, 2.05) is 4.90 Å². The Balaban J connectivity index is 0.00000392. The third-order valence-corrected chi connectivity index (χ3v) is 4.91. The van der Waals surface area contributed by atoms with Gasteiger partial charge in [0.2, 0.25) is 5.91 Å². The molecule has 0 aromatic heterocycles. The van der Waals surface area contributed by atoms with E-state index < -0.39 is 23.8 Å². The molecule has 158 valence electrons. The lowest BCUT2D eigenvalue weighted by Gasteiger charge is -2.38. The Labute approximate surface area is 168 Å². The highest BCUT2D eigenvalue weighted by atomic mass is 35.5. The number of hydrogen-bond donors (Lipinski definition) is 2. The van der Waals surface area contributed by atoms with Gasteiger partial charge in [-0.25, -0.2) is 0 Å². The molecule has 6 nitrogen and oxygen atoms in total. The van der Waals surface area contributed by atoms with E-state index in [1.54, 1.807) is 18.9 Å². The smallest absolute Gasteiger partial charge is 0.416 e. The number of amides is 1. The topological polar surface area (TPSA) is 72.9 Å². The van der Waals surface area contributed by atoms with Gasteiger partial charge in [-0.2, -0.15) is 13.2 Å². The van der Waals surface area contributed by atoms with E-state index >= 15 is 0 Å². The molecule has 1 aromatic carbocycles. The number of alkyl halides is 3. The zero-order valence-electron chi connectivity index (χ0n) is 15.7. The predicted octanol–water partition coefficient (Wildman–Crippen LogP) is 2.94. The number of aliphatic carboxylic acids is 1. The van der Waals surface area contributed by atoms with Crippen molar-refractivity contribution in [3.05, 3.63) is 29.8 Å². The summed E-state index contributed by atoms with van der Waals surface area (Å²) < 4.78 is 37.7. The summed E-state index contributed by atoms with van der Waals surface area (Å²) >= 11 is 0. The van der Waals surface area contributed by atoms with Crippen molar-refractivity contribution in [1.29, 1.82) is 0 Å². The number of halogens is 4. The van der Waals surface area contributed by atoms with Crippen LogP contribution in [0, 0.1) is 0 Å². The molecule has 10 heteroatoms. The van der Waals surface area contributed by atoms with Crippen molar-refractivity contribution in [3.8, 4) is 0 Å². The largest absolute Gasteiger partial charge is 0.480 e. The van der Waals surface area contributed by atoms with Gasteiger partial charge in [0.15, 0.2) is 0 Å². The van der Waals surface area contributed by atoms with E-state index in [9.17, 15) is 22.8 Å². The summed E-state index contributed by atoms with van der Waals surface area (Å²) in [7, 11) is 1.77. The van der Waals surface area contributed by atoms with Crippen LogP contribution in [-0.2, 0) is 15.8 Å². The maximum absolute atomic E-state index is 12.6. The summed E-state index contributed by atoms with van der Waals surface area (Å²) in [4.78, 5) is 27.0. The fraction of sp³-hybridized carbons (Fsp3) is 0.556. The van der Waals surface area contributed by atoms with Gasteiger partial charge in [-0.15, -0.1) is 12.4 Å². The number of anilines is 1. The van der Waals surface area contributed by atoms with Crippen LogP contribution in [0.4, 0.5) is 18.9 Å². The van der Waals surface area contributed by atoms with E-state index in [4.69, 9.17) is 5.11 Å². The molecule has 2 rings (SSSR count). The first kappa shape index (κ1) is 24.2. The van der Waals surface area contributed by atoms with Gasteiger partial charge in [0.25, 0.3) is 0 Å². The fourth-order valence-electron chi connectivity index (χ4n) is 3.21. The number of likely N-dealkylation sites (N-methyl/N-ethyl adjacent to an activating group) is 1. The minimum atomic E-state index is -4.41. The third kappa shape index (κ3) is 6.65. The molecule has 0 spiro atoms. The Morgan fingerprint density at radius 2 is 1.79 bits per heavy atom. The molecule has 1 heterocycles. The van der Waals surface area contributed by atoms with Crippen LogP contribution >= 0.6 is 12.4 Å². The van der Waals surface area contributed by atoms with Crippen LogP contribution in [-0.4, -0.2) is 65.5 Å². The first-order valence-electron chi connectivity index (χ1n) is 8.72. The van der Waals surface area contributed by atoms with Crippen LogP contribution in [0.3, 0.4) is 0 Å². The molecular weight excluding hydrogens is 399 g/mol. The van der Waals surface area contributed by atoms with Crippen molar-refractivity contribution in [2.24, 2.45) is 0 Å². The van der Waals surface area contributed by atoms with Crippen molar-refractivity contribution in [3.63, 3.8) is 0 Å². The molecule has 28 heavy (non-hydrogen) atoms. The number of carboxylic acids is 1. The lowest BCUT2D eigenvalue weighted by Crippen LogP contribution is -2.50. The van der Waals surface area contributed by atoms with Crippen LogP contribution in [0.15, 0.2) is 24.3 Å². The standard InChI is InChI=1S/C18H24F3N3O3.ClH/c1-12(24-9-7-15(8-10-24)23(2)11-16(25)26)17(27)22-14-5-3-13(4-6-14)18(19,20)21;/h3-6,12,15H,7-11H2,1-2H3,(H,22,27)(H,25,26);1H. The quantitative estimate of drug-likeness (QED) is 0.736. The summed E-state index contributed by atoms with van der Waals surface area (Å²) in [5, 5.41) is 11.5. The number of nitrogens with one attached hydrogen (secondary N) is 1. The minimum Gasteiger partial charge on any atom is -0.480 e. The number of carbonyl (C=O) groups excluding carboxylic acids is 1. The maximum atomic E-state index is 12.6. The molecule has 0 bridgehead atoms. The zero-order valence-corrected chi connectivity index (χ0v) is 16.5. The lowest BCUT2D eigenvalue weighted by atomic mass is 10.0. The van der Waals surface area contributed by atoms with Crippen LogP contribution < -0.4 is 5.32 Å². The highest BCUT2D eigenvalue weighted by Gasteiger charge is 2.31. The highest BCUT2D eigenvalue weighted by molar-refractivity contribution is 5.94. The molecule has 1 saturated heterocycles. The number of carbonyl (C=O) groups is 2. The average molecular weight is 424 g/mol. The van der Waals surface area contributed by atoms with Crippen molar-refractivity contribution in [2.75, 3.05) is 32.0 Å². The summed E-state index contributed by atoms with van der Waals surface area (Å²) in [5.74, 6) is -1.16. The first-order valence-corrected chi connectivity index (χ1v) is 8.72. The summed E-state index contributed by atoms with van der Waals surface area (Å²) in [6.45, 7) is 3.03. The Kier molecular flexibility index (Phi) is 8.72. The van der Waals surface area contributed by atoms with Gasteiger partial charge < -0.3 is 10.4 Å². The number of hydrogen-bond acceptors (Lipinski definition) is 4. The molecule has 1 aliphatic rings. The van der Waals surface area contributed by atoms with Crippen LogP contribution in [0.2, 0.25) is 0 Å². The van der Waals surface area contributed by atoms with E-state index in [2.05, 4.69) is 5.32 Å². The predicted molar refractivity (Wildman–Crippen MR) is 102 cm³/mol. The average Bonchev–Trinajstić information content (AvgIpc) is 2.60. The van der Waals surface area contributed by atoms with Gasteiger partial charge in [-0.05, 0) is 51.1 Å². The molecule has 0 radical (unpaired) electrons. The molecular formula is C18H25ClF3N3O3. The number of rotatable bonds is 6. The normalized spacial score (nSPS) is 17.1. The van der Waals surface area contributed by atoms with Gasteiger partial charge in [0.05, 0.1) is 18.2 Å². The molecule has 1 amide bonds. The van der Waals surface area contributed by atoms with Crippen molar-refractivity contribution >= 4 is 30.0 Å². The molecule has 1 aromatic rings. The highest BCUT2D eigenvalue weighted by Crippen LogP contribution is 2.29. The van der Waals surface area contributed by atoms with Crippen LogP contribution in [0.1, 0.15) is 25.3 Å². The van der Waals surface area contributed by atoms with Crippen molar-refractivity contribution < 1.29 is 27.9 Å². The summed E-state index contributed by atoms with van der Waals surface area (Å²) in [5.41, 5.74) is -0.447. The molecule has 1 aliphatic heterocycles. The molecule has 0 aliphatic carbocycles. The SMILES string of the molecule is CC(C(=O)Nc1ccc(C(F)(F)F)cc1)N1CCC(N(C)CC(=O)O)CC1.Cl. The Bertz CT molecular complexity index is 662. The monoisotopic (exact) mass is 423 g/mol. The van der Waals surface area contributed by atoms with Gasteiger partial charge in [0.1, 0.15) is 0 Å². The van der Waals surface area contributed by atoms with Gasteiger partial charge in [-0.3, -0.25) is 19.4 Å². The summed E-state index contributed by atoms with van der Waals surface area (Å²) in [6, 6.07) is 4.07. The molecule has 2 N–H and O–H groups in total. The molecule has 1 fully saturated rings. The number of nitrogens with zero attached hydrogens (tertiary/aromatic N) is 2. The van der Waals surface area contributed by atoms with E-state index in [0.717, 1.165) is 25.0 Å². The number of benzene rings is 1. The van der Waals surface area contributed by atoms with E-state index in [0.29, 0.717) is 18.8 Å². The molecule has 1 unspecified atom stereocenters. The van der Waals surface area contributed by atoms with Gasteiger partial charge >= 0.3 is 12.1 Å². The summed E-state index contributed by atoms with van der Waals surface area (Å²) in [6.07, 6.45) is -2.91. The molecule has 0 saturated carbocycles. The number of likely N-dealkylation sites (tertiary alicyclic amines) is 1. The third-order valence-electron chi connectivity index (χ3n) is 4.91. The maximum Gasteiger partial charge on any atom is 0.416 e. The second-order valence-corrected chi connectivity index (χ2v) is 6.82. The first-order chi connectivity index (χ1) is 12.6. The second kappa shape index (κ2) is 10.1. The Hall–Kier alpha value is -1.84. The fourth-order valence-corrected chi connectivity index (χ4v) is 3.21. The number of piperidine rings is 1. The Morgan fingerprint density at radius 1 is 1.25 bits per heavy atom. The Morgan fingerprint density at radius 3 is 2.25 bits per heavy atom. The van der Waals surface area contributed by atoms with Gasteiger partial charge in [-0.1, -0.05) is 0 Å². The minimum absolute atomic E-state index is 0. The van der Waals surface area contributed by atoms with Crippen molar-refractivity contribution in [2.45, 2.75) is 38.0 Å². The van der Waals surface area contributed by atoms with E-state index in [-0.39, 0.29) is 30.9 Å². The number of carboxylic acid groups (broad SMARTS) is 1. The van der Waals surface area contributed by atoms with Gasteiger partial charge in [0, 0.05) is 24.8 Å². The zero-order chi connectivity index (χ0) is 20.2. The second-order valence-electron chi connectivity index (χ2n) is 6.82.